The summed E-state index contributed by atoms with van der Waals surface area (Å²) in [6, 6.07) is 15.0. The van der Waals surface area contributed by atoms with E-state index in [0.717, 1.165) is 10.9 Å². The third-order valence-electron chi connectivity index (χ3n) is 3.74. The van der Waals surface area contributed by atoms with E-state index in [2.05, 4.69) is 25.9 Å². The molecule has 0 fully saturated rings. The van der Waals surface area contributed by atoms with Gasteiger partial charge in [0.05, 0.1) is 0 Å². The highest BCUT2D eigenvalue weighted by molar-refractivity contribution is 5.92. The van der Waals surface area contributed by atoms with E-state index in [-0.39, 0.29) is 12.5 Å². The highest BCUT2D eigenvalue weighted by atomic mass is 16.5. The number of H-pyrrole nitrogens is 1. The topological polar surface area (TPSA) is 123 Å². The van der Waals surface area contributed by atoms with Gasteiger partial charge in [-0.05, 0) is 47.7 Å². The van der Waals surface area contributed by atoms with Crippen molar-refractivity contribution in [3.05, 3.63) is 65.0 Å². The Morgan fingerprint density at radius 3 is 2.70 bits per heavy atom. The van der Waals surface area contributed by atoms with Gasteiger partial charge in [-0.15, -0.1) is 10.2 Å². The van der Waals surface area contributed by atoms with Crippen molar-refractivity contribution in [2.45, 2.75) is 0 Å². The maximum atomic E-state index is 12.1. The fourth-order valence-electron chi connectivity index (χ4n) is 2.46. The van der Waals surface area contributed by atoms with Crippen LogP contribution in [-0.2, 0) is 4.79 Å². The second kappa shape index (κ2) is 7.08. The Kier molecular flexibility index (Phi) is 4.32. The number of rotatable bonds is 5. The van der Waals surface area contributed by atoms with Gasteiger partial charge >= 0.3 is 5.63 Å². The van der Waals surface area contributed by atoms with Crippen LogP contribution in [0.5, 0.6) is 5.75 Å². The standard InChI is InChI=1S/C18H13N5O4/c24-16(19-13-5-1-12(2-6-13)18-20-22-23-21-18)10-26-14-7-3-11-4-8-17(25)27-15(11)9-14/h1-9H,10H2,(H,19,24)(H,20,21,22,23). The van der Waals surface area contributed by atoms with Gasteiger partial charge in [-0.3, -0.25) is 4.79 Å². The Bertz CT molecular complexity index is 1140. The van der Waals surface area contributed by atoms with Gasteiger partial charge in [0, 0.05) is 28.8 Å². The van der Waals surface area contributed by atoms with Gasteiger partial charge in [-0.2, -0.15) is 5.21 Å². The number of carbonyl (C=O) groups is 1. The molecule has 0 bridgehead atoms. The van der Waals surface area contributed by atoms with Crippen LogP contribution in [0.3, 0.4) is 0 Å². The van der Waals surface area contributed by atoms with E-state index in [1.165, 1.54) is 6.07 Å². The smallest absolute Gasteiger partial charge is 0.336 e. The number of tetrazole rings is 1. The van der Waals surface area contributed by atoms with Crippen molar-refractivity contribution < 1.29 is 13.9 Å². The van der Waals surface area contributed by atoms with E-state index >= 15 is 0 Å². The molecule has 0 spiro atoms. The summed E-state index contributed by atoms with van der Waals surface area (Å²) in [4.78, 5) is 23.3. The second-order valence-electron chi connectivity index (χ2n) is 5.60. The van der Waals surface area contributed by atoms with Crippen molar-refractivity contribution in [3.63, 3.8) is 0 Å². The minimum atomic E-state index is -0.443. The van der Waals surface area contributed by atoms with E-state index in [0.29, 0.717) is 22.8 Å². The Morgan fingerprint density at radius 1 is 1.11 bits per heavy atom. The lowest BCUT2D eigenvalue weighted by molar-refractivity contribution is -0.118. The first-order valence-electron chi connectivity index (χ1n) is 7.98. The number of benzene rings is 2. The first-order chi connectivity index (χ1) is 13.2. The summed E-state index contributed by atoms with van der Waals surface area (Å²) in [7, 11) is 0. The van der Waals surface area contributed by atoms with Crippen LogP contribution in [0.25, 0.3) is 22.4 Å². The number of fused-ring (bicyclic) bond motifs is 1. The van der Waals surface area contributed by atoms with E-state index in [9.17, 15) is 9.59 Å². The number of nitrogens with zero attached hydrogens (tertiary/aromatic N) is 3. The summed E-state index contributed by atoms with van der Waals surface area (Å²) >= 11 is 0. The Hall–Kier alpha value is -4.01. The van der Waals surface area contributed by atoms with Crippen LogP contribution in [0.1, 0.15) is 0 Å². The number of hydrogen-bond acceptors (Lipinski definition) is 7. The molecule has 2 N–H and O–H groups in total. The number of ether oxygens (including phenoxy) is 1. The molecular weight excluding hydrogens is 350 g/mol. The minimum absolute atomic E-state index is 0.185. The molecule has 0 saturated carbocycles. The molecule has 9 nitrogen and oxygen atoms in total. The van der Waals surface area contributed by atoms with Crippen LogP contribution >= 0.6 is 0 Å². The van der Waals surface area contributed by atoms with Crippen LogP contribution in [0.4, 0.5) is 5.69 Å². The summed E-state index contributed by atoms with van der Waals surface area (Å²) in [6.07, 6.45) is 0. The quantitative estimate of drug-likeness (QED) is 0.520. The SMILES string of the molecule is O=C(COc1ccc2ccc(=O)oc2c1)Nc1ccc(-c2nn[nH]n2)cc1. The normalized spacial score (nSPS) is 10.7. The van der Waals surface area contributed by atoms with Gasteiger partial charge in [-0.25, -0.2) is 4.79 Å². The zero-order valence-electron chi connectivity index (χ0n) is 13.9. The lowest BCUT2D eigenvalue weighted by atomic mass is 10.2. The minimum Gasteiger partial charge on any atom is -0.484 e. The predicted molar refractivity (Wildman–Crippen MR) is 96.2 cm³/mol. The summed E-state index contributed by atoms with van der Waals surface area (Å²) in [6.45, 7) is -0.185. The summed E-state index contributed by atoms with van der Waals surface area (Å²) in [5.74, 6) is 0.579. The monoisotopic (exact) mass is 363 g/mol. The summed E-state index contributed by atoms with van der Waals surface area (Å²) in [5.41, 5.74) is 1.34. The zero-order valence-corrected chi connectivity index (χ0v) is 13.9. The molecule has 0 atom stereocenters. The lowest BCUT2D eigenvalue weighted by Gasteiger charge is -2.08. The van der Waals surface area contributed by atoms with Gasteiger partial charge in [0.25, 0.3) is 5.91 Å². The number of nitrogens with one attached hydrogen (secondary N) is 2. The molecule has 0 radical (unpaired) electrons. The van der Waals surface area contributed by atoms with Crippen LogP contribution in [0, 0.1) is 0 Å². The highest BCUT2D eigenvalue weighted by Gasteiger charge is 2.07. The summed E-state index contributed by atoms with van der Waals surface area (Å²) in [5, 5.41) is 17.2. The van der Waals surface area contributed by atoms with Gasteiger partial charge < -0.3 is 14.5 Å². The molecule has 134 valence electrons. The maximum Gasteiger partial charge on any atom is 0.336 e. The molecule has 1 amide bonds. The fourth-order valence-corrected chi connectivity index (χ4v) is 2.46. The van der Waals surface area contributed by atoms with E-state index in [1.807, 2.05) is 0 Å². The van der Waals surface area contributed by atoms with E-state index in [4.69, 9.17) is 9.15 Å². The van der Waals surface area contributed by atoms with Crippen molar-refractivity contribution in [1.29, 1.82) is 0 Å². The molecular formula is C18H13N5O4. The molecule has 2 aromatic heterocycles. The van der Waals surface area contributed by atoms with Crippen LogP contribution in [0.2, 0.25) is 0 Å². The number of aromatic nitrogens is 4. The molecule has 0 aliphatic carbocycles. The van der Waals surface area contributed by atoms with Crippen molar-refractivity contribution in [2.75, 3.05) is 11.9 Å². The van der Waals surface area contributed by atoms with Crippen molar-refractivity contribution in [1.82, 2.24) is 20.6 Å². The number of anilines is 1. The molecule has 2 heterocycles. The molecule has 9 heteroatoms. The third kappa shape index (κ3) is 3.82. The van der Waals surface area contributed by atoms with Gasteiger partial charge in [0.2, 0.25) is 5.82 Å². The highest BCUT2D eigenvalue weighted by Crippen LogP contribution is 2.20. The molecule has 0 unspecified atom stereocenters. The maximum absolute atomic E-state index is 12.1. The second-order valence-corrected chi connectivity index (χ2v) is 5.60. The molecule has 4 rings (SSSR count). The van der Waals surface area contributed by atoms with Crippen molar-refractivity contribution in [3.8, 4) is 17.1 Å². The number of hydrogen-bond donors (Lipinski definition) is 2. The number of amides is 1. The Morgan fingerprint density at radius 2 is 1.93 bits per heavy atom. The molecule has 2 aromatic carbocycles. The molecule has 0 saturated heterocycles. The van der Waals surface area contributed by atoms with Crippen LogP contribution in [-0.4, -0.2) is 33.1 Å². The third-order valence-corrected chi connectivity index (χ3v) is 3.74. The molecule has 0 aliphatic heterocycles. The average molecular weight is 363 g/mol. The Balaban J connectivity index is 1.37. The van der Waals surface area contributed by atoms with Gasteiger partial charge in [-0.1, -0.05) is 0 Å². The number of carbonyl (C=O) groups excluding carboxylic acids is 1. The van der Waals surface area contributed by atoms with Crippen molar-refractivity contribution in [2.24, 2.45) is 0 Å². The largest absolute Gasteiger partial charge is 0.484 e. The molecule has 0 aliphatic rings. The lowest BCUT2D eigenvalue weighted by Crippen LogP contribution is -2.20. The first-order valence-corrected chi connectivity index (χ1v) is 7.98. The molecule has 27 heavy (non-hydrogen) atoms. The van der Waals surface area contributed by atoms with E-state index in [1.54, 1.807) is 48.5 Å². The first kappa shape index (κ1) is 16.5. The average Bonchev–Trinajstić information content (AvgIpc) is 3.21. The summed E-state index contributed by atoms with van der Waals surface area (Å²) < 4.78 is 10.6. The van der Waals surface area contributed by atoms with Crippen LogP contribution in [0.15, 0.2) is 63.8 Å². The van der Waals surface area contributed by atoms with Crippen LogP contribution < -0.4 is 15.7 Å². The zero-order chi connectivity index (χ0) is 18.6. The Labute approximate surface area is 152 Å². The molecule has 4 aromatic rings. The van der Waals surface area contributed by atoms with Gasteiger partial charge in [0.15, 0.2) is 6.61 Å². The van der Waals surface area contributed by atoms with Crippen molar-refractivity contribution >= 4 is 22.6 Å². The van der Waals surface area contributed by atoms with E-state index < -0.39 is 5.63 Å². The predicted octanol–water partition coefficient (Wildman–Crippen LogP) is 1.99. The van der Waals surface area contributed by atoms with Gasteiger partial charge in [0.1, 0.15) is 11.3 Å². The number of aromatic amines is 1. The fraction of sp³-hybridized carbons (Fsp3) is 0.0556.